The van der Waals surface area contributed by atoms with E-state index < -0.39 is 17.1 Å². The standard InChI is InChI=1S/C25H23FN4O2S/c1-15(2)12-29-23-21(24(31)28(3)25(29)32)22(18-9-4-6-10-19(18)26)30(27-23)13-16-14-33-20-11-7-5-8-17(16)20/h4-11,14-15H,12-13H2,1-3H3. The van der Waals surface area contributed by atoms with Crippen LogP contribution >= 0.6 is 11.3 Å². The predicted octanol–water partition coefficient (Wildman–Crippen LogP) is 4.62. The summed E-state index contributed by atoms with van der Waals surface area (Å²) in [6.45, 7) is 4.74. The van der Waals surface area contributed by atoms with Gasteiger partial charge in [-0.15, -0.1) is 11.3 Å². The van der Waals surface area contributed by atoms with Gasteiger partial charge in [0.1, 0.15) is 11.2 Å². The van der Waals surface area contributed by atoms with Gasteiger partial charge in [-0.1, -0.05) is 44.2 Å². The normalized spacial score (nSPS) is 11.8. The van der Waals surface area contributed by atoms with Crippen LogP contribution in [0.15, 0.2) is 63.5 Å². The summed E-state index contributed by atoms with van der Waals surface area (Å²) in [5, 5.41) is 8.13. The van der Waals surface area contributed by atoms with Crippen LogP contribution in [-0.2, 0) is 20.1 Å². The van der Waals surface area contributed by atoms with Gasteiger partial charge in [0.05, 0.1) is 12.2 Å². The molecule has 0 aliphatic heterocycles. The molecule has 0 N–H and O–H groups in total. The van der Waals surface area contributed by atoms with E-state index in [9.17, 15) is 14.0 Å². The number of aromatic nitrogens is 4. The van der Waals surface area contributed by atoms with Gasteiger partial charge >= 0.3 is 5.69 Å². The number of rotatable bonds is 5. The van der Waals surface area contributed by atoms with E-state index in [1.165, 1.54) is 17.7 Å². The van der Waals surface area contributed by atoms with Gasteiger partial charge in [0.2, 0.25) is 0 Å². The lowest BCUT2D eigenvalue weighted by atomic mass is 10.1. The Hall–Kier alpha value is -3.52. The van der Waals surface area contributed by atoms with Crippen molar-refractivity contribution in [3.63, 3.8) is 0 Å². The van der Waals surface area contributed by atoms with Crippen molar-refractivity contribution in [3.8, 4) is 11.3 Å². The molecule has 0 spiro atoms. The van der Waals surface area contributed by atoms with Crippen molar-refractivity contribution in [2.45, 2.75) is 26.9 Å². The first kappa shape index (κ1) is 21.3. The second kappa shape index (κ2) is 8.12. The molecule has 33 heavy (non-hydrogen) atoms. The Morgan fingerprint density at radius 3 is 2.55 bits per heavy atom. The summed E-state index contributed by atoms with van der Waals surface area (Å²) < 4.78 is 20.4. The number of hydrogen-bond acceptors (Lipinski definition) is 4. The van der Waals surface area contributed by atoms with Crippen molar-refractivity contribution < 1.29 is 4.39 Å². The minimum absolute atomic E-state index is 0.159. The van der Waals surface area contributed by atoms with Gasteiger partial charge in [-0.3, -0.25) is 18.6 Å². The Kier molecular flexibility index (Phi) is 5.25. The Morgan fingerprint density at radius 2 is 1.79 bits per heavy atom. The fourth-order valence-electron chi connectivity index (χ4n) is 4.25. The first-order valence-corrected chi connectivity index (χ1v) is 11.6. The number of fused-ring (bicyclic) bond motifs is 2. The zero-order chi connectivity index (χ0) is 23.3. The highest BCUT2D eigenvalue weighted by atomic mass is 32.1. The Bertz CT molecular complexity index is 1620. The first-order chi connectivity index (χ1) is 15.9. The third-order valence-electron chi connectivity index (χ3n) is 5.78. The molecule has 0 aliphatic carbocycles. The van der Waals surface area contributed by atoms with Crippen LogP contribution in [0.4, 0.5) is 4.39 Å². The van der Waals surface area contributed by atoms with Gasteiger partial charge in [0.25, 0.3) is 5.56 Å². The molecule has 8 heteroatoms. The number of thiophene rings is 1. The van der Waals surface area contributed by atoms with Crippen molar-refractivity contribution in [2.75, 3.05) is 0 Å². The van der Waals surface area contributed by atoms with Crippen LogP contribution in [0.3, 0.4) is 0 Å². The highest BCUT2D eigenvalue weighted by molar-refractivity contribution is 7.17. The summed E-state index contributed by atoms with van der Waals surface area (Å²) in [6, 6.07) is 14.4. The van der Waals surface area contributed by atoms with Crippen LogP contribution in [0.5, 0.6) is 0 Å². The van der Waals surface area contributed by atoms with E-state index in [4.69, 9.17) is 5.10 Å². The molecule has 0 bridgehead atoms. The molecule has 0 radical (unpaired) electrons. The summed E-state index contributed by atoms with van der Waals surface area (Å²) >= 11 is 1.63. The van der Waals surface area contributed by atoms with E-state index >= 15 is 0 Å². The maximum Gasteiger partial charge on any atom is 0.332 e. The van der Waals surface area contributed by atoms with Crippen LogP contribution < -0.4 is 11.2 Å². The smallest absolute Gasteiger partial charge is 0.276 e. The topological polar surface area (TPSA) is 61.8 Å². The Balaban J connectivity index is 1.86. The molecular formula is C25H23FN4O2S. The highest BCUT2D eigenvalue weighted by Crippen LogP contribution is 2.32. The van der Waals surface area contributed by atoms with Crippen LogP contribution in [0.25, 0.3) is 32.4 Å². The monoisotopic (exact) mass is 462 g/mol. The van der Waals surface area contributed by atoms with Gasteiger partial charge in [-0.25, -0.2) is 9.18 Å². The van der Waals surface area contributed by atoms with Crippen molar-refractivity contribution >= 4 is 32.5 Å². The molecule has 0 fully saturated rings. The van der Waals surface area contributed by atoms with E-state index in [-0.39, 0.29) is 22.5 Å². The van der Waals surface area contributed by atoms with E-state index in [0.717, 1.165) is 20.2 Å². The molecule has 2 aromatic carbocycles. The lowest BCUT2D eigenvalue weighted by molar-refractivity contribution is 0.498. The Labute approximate surface area is 193 Å². The van der Waals surface area contributed by atoms with Gasteiger partial charge in [0.15, 0.2) is 5.65 Å². The summed E-state index contributed by atoms with van der Waals surface area (Å²) in [7, 11) is 1.45. The molecule has 3 heterocycles. The van der Waals surface area contributed by atoms with Crippen molar-refractivity contribution in [3.05, 3.63) is 86.1 Å². The second-order valence-electron chi connectivity index (χ2n) is 8.59. The summed E-state index contributed by atoms with van der Waals surface area (Å²) in [5.41, 5.74) is 1.08. The fourth-order valence-corrected chi connectivity index (χ4v) is 5.20. The van der Waals surface area contributed by atoms with Crippen molar-refractivity contribution in [2.24, 2.45) is 13.0 Å². The van der Waals surface area contributed by atoms with Crippen LogP contribution in [0.2, 0.25) is 0 Å². The maximum absolute atomic E-state index is 15.0. The lowest BCUT2D eigenvalue weighted by Crippen LogP contribution is -2.38. The molecule has 5 rings (SSSR count). The van der Waals surface area contributed by atoms with Gasteiger partial charge in [0, 0.05) is 23.9 Å². The highest BCUT2D eigenvalue weighted by Gasteiger charge is 2.24. The van der Waals surface area contributed by atoms with Gasteiger partial charge in [-0.2, -0.15) is 5.10 Å². The van der Waals surface area contributed by atoms with Crippen LogP contribution in [-0.4, -0.2) is 18.9 Å². The molecule has 0 aliphatic rings. The largest absolute Gasteiger partial charge is 0.332 e. The quantitative estimate of drug-likeness (QED) is 0.383. The molecule has 0 saturated heterocycles. The average molecular weight is 463 g/mol. The van der Waals surface area contributed by atoms with E-state index in [1.54, 1.807) is 34.2 Å². The van der Waals surface area contributed by atoms with Gasteiger partial charge < -0.3 is 0 Å². The van der Waals surface area contributed by atoms with Crippen LogP contribution in [0.1, 0.15) is 19.4 Å². The molecule has 6 nitrogen and oxygen atoms in total. The summed E-state index contributed by atoms with van der Waals surface area (Å²) in [6.07, 6.45) is 0. The molecule has 0 atom stereocenters. The lowest BCUT2D eigenvalue weighted by Gasteiger charge is -2.11. The fraction of sp³-hybridized carbons (Fsp3) is 0.240. The van der Waals surface area contributed by atoms with Crippen molar-refractivity contribution in [1.29, 1.82) is 0 Å². The number of benzene rings is 2. The van der Waals surface area contributed by atoms with E-state index in [0.29, 0.717) is 18.8 Å². The molecule has 168 valence electrons. The summed E-state index contributed by atoms with van der Waals surface area (Å²) in [4.78, 5) is 26.3. The Morgan fingerprint density at radius 1 is 1.06 bits per heavy atom. The van der Waals surface area contributed by atoms with Crippen molar-refractivity contribution in [1.82, 2.24) is 18.9 Å². The second-order valence-corrected chi connectivity index (χ2v) is 9.50. The first-order valence-electron chi connectivity index (χ1n) is 10.8. The molecule has 3 aromatic heterocycles. The predicted molar refractivity (Wildman–Crippen MR) is 130 cm³/mol. The minimum Gasteiger partial charge on any atom is -0.276 e. The van der Waals surface area contributed by atoms with E-state index in [1.807, 2.05) is 32.0 Å². The maximum atomic E-state index is 15.0. The van der Waals surface area contributed by atoms with Gasteiger partial charge in [-0.05, 0) is 40.4 Å². The molecule has 0 saturated carbocycles. The third-order valence-corrected chi connectivity index (χ3v) is 6.80. The average Bonchev–Trinajstić information content (AvgIpc) is 3.37. The number of nitrogens with zero attached hydrogens (tertiary/aromatic N) is 4. The minimum atomic E-state index is -0.477. The molecule has 5 aromatic rings. The molecule has 0 unspecified atom stereocenters. The molecule has 0 amide bonds. The number of hydrogen-bond donors (Lipinski definition) is 0. The zero-order valence-electron chi connectivity index (χ0n) is 18.6. The van der Waals surface area contributed by atoms with E-state index in [2.05, 4.69) is 11.4 Å². The third kappa shape index (κ3) is 3.51. The molecular weight excluding hydrogens is 439 g/mol. The summed E-state index contributed by atoms with van der Waals surface area (Å²) in [5.74, 6) is -0.286. The number of halogens is 1. The SMILES string of the molecule is CC(C)Cn1c(=O)n(C)c(=O)c2c(-c3ccccc3F)n(Cc3csc4ccccc34)nc21. The zero-order valence-corrected chi connectivity index (χ0v) is 19.4. The van der Waals surface area contributed by atoms with Crippen LogP contribution in [0, 0.1) is 11.7 Å².